The second-order valence-electron chi connectivity index (χ2n) is 16.9. The molecule has 11 heteroatoms. The summed E-state index contributed by atoms with van der Waals surface area (Å²) >= 11 is 0. The number of rotatable bonds is 24. The Labute approximate surface area is 353 Å². The number of benzene rings is 3. The van der Waals surface area contributed by atoms with Crippen molar-refractivity contribution in [2.24, 2.45) is 0 Å². The number of quaternary nitrogens is 2. The number of esters is 1. The SMILES string of the molecule is COc1ccc(C[C@@H]2c3cc(OC)c(OC)cc3CC[N+]2(C)CCCCCCCCCCCOC(=O)CC[N+]2(C)CCc3c(cc(OC)c(OC)c3OC)C2)cc1OC. The van der Waals surface area contributed by atoms with E-state index in [0.29, 0.717) is 24.5 Å². The van der Waals surface area contributed by atoms with Crippen LogP contribution in [0, 0.1) is 0 Å². The van der Waals surface area contributed by atoms with Crippen molar-refractivity contribution in [2.45, 2.75) is 96.1 Å². The molecule has 3 aromatic rings. The van der Waals surface area contributed by atoms with Crippen molar-refractivity contribution in [2.75, 3.05) is 96.6 Å². The highest BCUT2D eigenvalue weighted by Crippen LogP contribution is 2.45. The van der Waals surface area contributed by atoms with Gasteiger partial charge in [0.2, 0.25) is 5.75 Å². The minimum atomic E-state index is -0.0998. The van der Waals surface area contributed by atoms with Gasteiger partial charge in [-0.15, -0.1) is 0 Å². The van der Waals surface area contributed by atoms with Gasteiger partial charge in [0, 0.05) is 36.0 Å². The van der Waals surface area contributed by atoms with Gasteiger partial charge in [-0.05, 0) is 60.7 Å². The maximum atomic E-state index is 12.7. The van der Waals surface area contributed by atoms with E-state index in [9.17, 15) is 4.79 Å². The quantitative estimate of drug-likeness (QED) is 0.0501. The Morgan fingerprint density at radius 3 is 1.83 bits per heavy atom. The summed E-state index contributed by atoms with van der Waals surface area (Å²) in [6.07, 6.45) is 13.9. The molecule has 2 aliphatic rings. The van der Waals surface area contributed by atoms with Crippen LogP contribution in [0.3, 0.4) is 0 Å². The van der Waals surface area contributed by atoms with Crippen LogP contribution in [-0.2, 0) is 35.3 Å². The van der Waals surface area contributed by atoms with E-state index in [-0.39, 0.29) is 12.0 Å². The summed E-state index contributed by atoms with van der Waals surface area (Å²) in [5.74, 6) is 5.05. The second kappa shape index (κ2) is 21.8. The Morgan fingerprint density at radius 1 is 0.593 bits per heavy atom. The number of likely N-dealkylation sites (N-methyl/N-ethyl adjacent to an activating group) is 2. The molecule has 11 nitrogen and oxygen atoms in total. The summed E-state index contributed by atoms with van der Waals surface area (Å²) in [4.78, 5) is 12.7. The lowest BCUT2D eigenvalue weighted by Crippen LogP contribution is -2.52. The first-order valence-electron chi connectivity index (χ1n) is 21.7. The molecule has 0 N–H and O–H groups in total. The lowest BCUT2D eigenvalue weighted by atomic mass is 9.86. The fourth-order valence-electron chi connectivity index (χ4n) is 9.34. The molecule has 2 aliphatic heterocycles. The van der Waals surface area contributed by atoms with E-state index >= 15 is 0 Å². The largest absolute Gasteiger partial charge is 0.493 e. The van der Waals surface area contributed by atoms with E-state index in [4.69, 9.17) is 37.9 Å². The Bertz CT molecular complexity index is 1830. The fraction of sp³-hybridized carbons (Fsp3) is 0.604. The maximum Gasteiger partial charge on any atom is 0.311 e. The van der Waals surface area contributed by atoms with Gasteiger partial charge in [0.15, 0.2) is 34.5 Å². The molecule has 326 valence electrons. The molecule has 2 unspecified atom stereocenters. The zero-order valence-corrected chi connectivity index (χ0v) is 37.5. The Morgan fingerprint density at radius 2 is 1.19 bits per heavy atom. The highest BCUT2D eigenvalue weighted by molar-refractivity contribution is 5.69. The summed E-state index contributed by atoms with van der Waals surface area (Å²) in [5, 5.41) is 0. The fourth-order valence-corrected chi connectivity index (χ4v) is 9.34. The van der Waals surface area contributed by atoms with Crippen molar-refractivity contribution >= 4 is 5.97 Å². The van der Waals surface area contributed by atoms with Crippen molar-refractivity contribution in [3.8, 4) is 40.2 Å². The van der Waals surface area contributed by atoms with Crippen LogP contribution >= 0.6 is 0 Å². The third-order valence-corrected chi connectivity index (χ3v) is 12.9. The third kappa shape index (κ3) is 11.5. The zero-order valence-electron chi connectivity index (χ0n) is 37.5. The van der Waals surface area contributed by atoms with Crippen LogP contribution in [0.4, 0.5) is 0 Å². The molecule has 0 radical (unpaired) electrons. The van der Waals surface area contributed by atoms with Crippen molar-refractivity contribution < 1.29 is 51.7 Å². The average molecular weight is 821 g/mol. The number of methoxy groups -OCH3 is 7. The molecule has 0 spiro atoms. The molecular formula is C48H72N2O9+2. The number of unbranched alkanes of at least 4 members (excludes halogenated alkanes) is 8. The van der Waals surface area contributed by atoms with Gasteiger partial charge in [0.05, 0.1) is 103 Å². The van der Waals surface area contributed by atoms with Crippen LogP contribution in [0.2, 0.25) is 0 Å². The Kier molecular flexibility index (Phi) is 16.9. The van der Waals surface area contributed by atoms with Gasteiger partial charge < -0.3 is 46.9 Å². The lowest BCUT2D eigenvalue weighted by Gasteiger charge is -2.46. The summed E-state index contributed by atoms with van der Waals surface area (Å²) in [6, 6.07) is 13.0. The molecular weight excluding hydrogens is 749 g/mol. The van der Waals surface area contributed by atoms with Crippen LogP contribution in [0.5, 0.6) is 40.2 Å². The molecule has 0 saturated carbocycles. The highest BCUT2D eigenvalue weighted by atomic mass is 16.5. The van der Waals surface area contributed by atoms with Crippen LogP contribution < -0.4 is 33.2 Å². The standard InChI is InChI=1S/C48H72N2O9/c1-49(25-22-38-37(34-49)32-45(56-7)48(58-9)47(38)57-8)26-23-46(51)59-28-18-16-14-12-10-11-13-15-17-24-50(2)27-21-36-31-43(54-5)44(55-6)33-39(36)40(50)29-35-19-20-41(52-3)42(30-35)53-4/h19-20,30-33,40H,10-18,21-29,34H2,1-9H3/q+2/t40-,49?,50?/m1/s1. The van der Waals surface area contributed by atoms with Gasteiger partial charge in [-0.2, -0.15) is 0 Å². The molecule has 5 rings (SSSR count). The zero-order chi connectivity index (χ0) is 42.4. The number of hydrogen-bond acceptors (Lipinski definition) is 9. The molecule has 3 atom stereocenters. The molecule has 59 heavy (non-hydrogen) atoms. The number of carbonyl (C=O) groups excluding carboxylic acids is 1. The average Bonchev–Trinajstić information content (AvgIpc) is 3.25. The number of fused-ring (bicyclic) bond motifs is 2. The molecule has 0 saturated heterocycles. The molecule has 0 amide bonds. The number of nitrogens with zero attached hydrogens (tertiary/aromatic N) is 2. The predicted octanol–water partition coefficient (Wildman–Crippen LogP) is 8.68. The van der Waals surface area contributed by atoms with Crippen molar-refractivity contribution in [3.05, 3.63) is 64.2 Å². The smallest absolute Gasteiger partial charge is 0.311 e. The minimum Gasteiger partial charge on any atom is -0.493 e. The van der Waals surface area contributed by atoms with Crippen molar-refractivity contribution in [3.63, 3.8) is 0 Å². The molecule has 2 heterocycles. The molecule has 3 aromatic carbocycles. The molecule has 0 bridgehead atoms. The van der Waals surface area contributed by atoms with Crippen LogP contribution in [0.15, 0.2) is 36.4 Å². The van der Waals surface area contributed by atoms with Gasteiger partial charge >= 0.3 is 5.97 Å². The third-order valence-electron chi connectivity index (χ3n) is 12.9. The minimum absolute atomic E-state index is 0.0998. The van der Waals surface area contributed by atoms with E-state index in [1.165, 1.54) is 72.8 Å². The normalized spacial score (nSPS) is 19.6. The molecule has 0 aromatic heterocycles. The van der Waals surface area contributed by atoms with Gasteiger partial charge in [0.25, 0.3) is 0 Å². The summed E-state index contributed by atoms with van der Waals surface area (Å²) in [6.45, 7) is 5.21. The summed E-state index contributed by atoms with van der Waals surface area (Å²) in [5.41, 5.74) is 6.29. The topological polar surface area (TPSA) is 90.9 Å². The Hall–Kier alpha value is -4.35. The molecule has 0 fully saturated rings. The van der Waals surface area contributed by atoms with Crippen molar-refractivity contribution in [1.29, 1.82) is 0 Å². The summed E-state index contributed by atoms with van der Waals surface area (Å²) in [7, 11) is 16.4. The second-order valence-corrected chi connectivity index (χ2v) is 16.9. The maximum absolute atomic E-state index is 12.7. The summed E-state index contributed by atoms with van der Waals surface area (Å²) < 4.78 is 47.0. The van der Waals surface area contributed by atoms with E-state index < -0.39 is 0 Å². The van der Waals surface area contributed by atoms with E-state index in [2.05, 4.69) is 44.4 Å². The number of hydrogen-bond donors (Lipinski definition) is 0. The van der Waals surface area contributed by atoms with Gasteiger partial charge in [-0.25, -0.2) is 0 Å². The monoisotopic (exact) mass is 821 g/mol. The lowest BCUT2D eigenvalue weighted by molar-refractivity contribution is -0.941. The van der Waals surface area contributed by atoms with Crippen LogP contribution in [-0.4, -0.2) is 112 Å². The first-order valence-corrected chi connectivity index (χ1v) is 21.7. The van der Waals surface area contributed by atoms with E-state index in [1.807, 2.05) is 6.07 Å². The van der Waals surface area contributed by atoms with E-state index in [1.54, 1.807) is 49.8 Å². The first-order chi connectivity index (χ1) is 28.5. The van der Waals surface area contributed by atoms with Gasteiger partial charge in [-0.3, -0.25) is 4.79 Å². The van der Waals surface area contributed by atoms with Crippen molar-refractivity contribution in [1.82, 2.24) is 0 Å². The Balaban J connectivity index is 0.990. The number of carbonyl (C=O) groups is 1. The molecule has 0 aliphatic carbocycles. The first kappa shape index (κ1) is 45.7. The van der Waals surface area contributed by atoms with Crippen LogP contribution in [0.25, 0.3) is 0 Å². The highest BCUT2D eigenvalue weighted by Gasteiger charge is 2.40. The van der Waals surface area contributed by atoms with Gasteiger partial charge in [0.1, 0.15) is 12.6 Å². The number of ether oxygens (including phenoxy) is 8. The van der Waals surface area contributed by atoms with E-state index in [0.717, 1.165) is 103 Å². The van der Waals surface area contributed by atoms with Crippen LogP contribution in [0.1, 0.15) is 98.1 Å². The van der Waals surface area contributed by atoms with Gasteiger partial charge in [-0.1, -0.05) is 44.6 Å². The predicted molar refractivity (Wildman–Crippen MR) is 232 cm³/mol.